The van der Waals surface area contributed by atoms with E-state index >= 15 is 0 Å². The predicted molar refractivity (Wildman–Crippen MR) is 114 cm³/mol. The van der Waals surface area contributed by atoms with E-state index in [1.54, 1.807) is 24.3 Å². The van der Waals surface area contributed by atoms with Gasteiger partial charge in [-0.05, 0) is 47.6 Å². The van der Waals surface area contributed by atoms with E-state index in [1.807, 2.05) is 65.6 Å². The number of nitrogens with zero attached hydrogens (tertiary/aromatic N) is 1. The smallest absolute Gasteiger partial charge is 0.257 e. The van der Waals surface area contributed by atoms with Crippen molar-refractivity contribution < 1.29 is 4.79 Å². The van der Waals surface area contributed by atoms with Crippen LogP contribution in [0.1, 0.15) is 21.5 Å². The highest BCUT2D eigenvalue weighted by molar-refractivity contribution is 7.80. The number of carbonyl (C=O) groups is 1. The van der Waals surface area contributed by atoms with Crippen LogP contribution in [0.25, 0.3) is 0 Å². The Morgan fingerprint density at radius 1 is 0.815 bits per heavy atom. The summed E-state index contributed by atoms with van der Waals surface area (Å²) in [6.45, 7) is 1.21. The van der Waals surface area contributed by atoms with Crippen LogP contribution in [-0.4, -0.2) is 15.9 Å². The maximum atomic E-state index is 12.5. The monoisotopic (exact) mass is 394 g/mol. The maximum Gasteiger partial charge on any atom is 0.257 e. The van der Waals surface area contributed by atoms with Gasteiger partial charge in [0.1, 0.15) is 0 Å². The van der Waals surface area contributed by atoms with Crippen molar-refractivity contribution in [3.05, 3.63) is 107 Å². The van der Waals surface area contributed by atoms with Crippen LogP contribution in [0.15, 0.2) is 84.9 Å². The number of hydrogen-bond donors (Lipinski definition) is 1. The van der Waals surface area contributed by atoms with E-state index < -0.39 is 0 Å². The van der Waals surface area contributed by atoms with E-state index in [-0.39, 0.29) is 5.91 Å². The minimum Gasteiger partial charge on any atom is -0.340 e. The first-order valence-electron chi connectivity index (χ1n) is 8.55. The molecule has 0 heterocycles. The third-order valence-electron chi connectivity index (χ3n) is 4.05. The van der Waals surface area contributed by atoms with Crippen molar-refractivity contribution in [3.8, 4) is 0 Å². The van der Waals surface area contributed by atoms with Crippen LogP contribution in [0.4, 0.5) is 0 Å². The number of hydrogen-bond acceptors (Lipinski definition) is 2. The van der Waals surface area contributed by atoms with Crippen LogP contribution >= 0.6 is 23.8 Å². The highest BCUT2D eigenvalue weighted by atomic mass is 35.5. The van der Waals surface area contributed by atoms with E-state index in [2.05, 4.69) is 5.32 Å². The van der Waals surface area contributed by atoms with Crippen molar-refractivity contribution in [1.82, 2.24) is 10.2 Å². The molecule has 0 saturated heterocycles. The van der Waals surface area contributed by atoms with Gasteiger partial charge in [-0.1, -0.05) is 72.3 Å². The molecule has 1 N–H and O–H groups in total. The first kappa shape index (κ1) is 19.1. The van der Waals surface area contributed by atoms with Crippen molar-refractivity contribution in [3.63, 3.8) is 0 Å². The first-order valence-corrected chi connectivity index (χ1v) is 9.34. The van der Waals surface area contributed by atoms with Crippen LogP contribution < -0.4 is 5.32 Å². The van der Waals surface area contributed by atoms with Crippen LogP contribution in [0, 0.1) is 0 Å². The molecule has 1 amide bonds. The molecule has 0 aromatic heterocycles. The Morgan fingerprint density at radius 3 is 1.78 bits per heavy atom. The topological polar surface area (TPSA) is 32.3 Å². The standard InChI is InChI=1S/C22H19ClN2OS/c23-20-13-11-19(12-14-20)21(26)24-22(27)25(15-17-7-3-1-4-8-17)16-18-9-5-2-6-10-18/h1-14H,15-16H2,(H,24,26,27). The van der Waals surface area contributed by atoms with E-state index in [9.17, 15) is 4.79 Å². The van der Waals surface area contributed by atoms with Gasteiger partial charge in [0, 0.05) is 23.7 Å². The van der Waals surface area contributed by atoms with Crippen molar-refractivity contribution in [1.29, 1.82) is 0 Å². The molecule has 0 saturated carbocycles. The zero-order valence-corrected chi connectivity index (χ0v) is 16.2. The Labute approximate surface area is 169 Å². The third kappa shape index (κ3) is 5.64. The number of thiocarbonyl (C=S) groups is 1. The number of nitrogens with one attached hydrogen (secondary N) is 1. The van der Waals surface area contributed by atoms with Crippen molar-refractivity contribution in [2.45, 2.75) is 13.1 Å². The lowest BCUT2D eigenvalue weighted by molar-refractivity contribution is 0.0972. The fourth-order valence-electron chi connectivity index (χ4n) is 2.66. The number of carbonyl (C=O) groups excluding carboxylic acids is 1. The van der Waals surface area contributed by atoms with Gasteiger partial charge in [0.25, 0.3) is 5.91 Å². The van der Waals surface area contributed by atoms with Gasteiger partial charge in [0.05, 0.1) is 0 Å². The Morgan fingerprint density at radius 2 is 1.30 bits per heavy atom. The summed E-state index contributed by atoms with van der Waals surface area (Å²) in [6, 6.07) is 26.8. The Bertz CT molecular complexity index is 857. The molecule has 5 heteroatoms. The lowest BCUT2D eigenvalue weighted by Gasteiger charge is -2.26. The van der Waals surface area contributed by atoms with Crippen LogP contribution in [0.5, 0.6) is 0 Å². The molecule has 27 heavy (non-hydrogen) atoms. The molecule has 0 bridgehead atoms. The molecule has 0 aliphatic rings. The molecule has 3 nitrogen and oxygen atoms in total. The summed E-state index contributed by atoms with van der Waals surface area (Å²) in [5, 5.41) is 3.81. The maximum absolute atomic E-state index is 12.5. The summed E-state index contributed by atoms with van der Waals surface area (Å²) in [5.74, 6) is -0.247. The van der Waals surface area contributed by atoms with E-state index in [1.165, 1.54) is 0 Å². The zero-order chi connectivity index (χ0) is 19.1. The lowest BCUT2D eigenvalue weighted by Crippen LogP contribution is -2.41. The van der Waals surface area contributed by atoms with Crippen LogP contribution in [-0.2, 0) is 13.1 Å². The van der Waals surface area contributed by atoms with Crippen LogP contribution in [0.2, 0.25) is 5.02 Å². The highest BCUT2D eigenvalue weighted by Gasteiger charge is 2.15. The Hall–Kier alpha value is -2.69. The van der Waals surface area contributed by atoms with Gasteiger partial charge in [0.2, 0.25) is 0 Å². The van der Waals surface area contributed by atoms with Gasteiger partial charge in [-0.25, -0.2) is 0 Å². The SMILES string of the molecule is O=C(NC(=S)N(Cc1ccccc1)Cc1ccccc1)c1ccc(Cl)cc1. The molecular weight excluding hydrogens is 376 g/mol. The number of rotatable bonds is 5. The third-order valence-corrected chi connectivity index (χ3v) is 4.66. The van der Waals surface area contributed by atoms with Gasteiger partial charge < -0.3 is 4.90 Å². The summed E-state index contributed by atoms with van der Waals surface area (Å²) in [7, 11) is 0. The average Bonchev–Trinajstić information content (AvgIpc) is 2.69. The average molecular weight is 395 g/mol. The first-order chi connectivity index (χ1) is 13.1. The molecule has 0 spiro atoms. The largest absolute Gasteiger partial charge is 0.340 e. The normalized spacial score (nSPS) is 10.3. The molecule has 136 valence electrons. The lowest BCUT2D eigenvalue weighted by atomic mass is 10.2. The second kappa shape index (κ2) is 9.31. The Balaban J connectivity index is 1.75. The zero-order valence-electron chi connectivity index (χ0n) is 14.6. The molecule has 0 radical (unpaired) electrons. The second-order valence-corrected chi connectivity index (χ2v) is 6.92. The van der Waals surface area contributed by atoms with Crippen molar-refractivity contribution in [2.24, 2.45) is 0 Å². The second-order valence-electron chi connectivity index (χ2n) is 6.09. The van der Waals surface area contributed by atoms with Gasteiger partial charge in [-0.15, -0.1) is 0 Å². The summed E-state index contributed by atoms with van der Waals surface area (Å²) >= 11 is 11.4. The quantitative estimate of drug-likeness (QED) is 0.614. The molecule has 0 fully saturated rings. The molecule has 0 aliphatic heterocycles. The summed E-state index contributed by atoms with van der Waals surface area (Å²) in [6.07, 6.45) is 0. The van der Waals surface area contributed by atoms with Gasteiger partial charge >= 0.3 is 0 Å². The minimum absolute atomic E-state index is 0.247. The predicted octanol–water partition coefficient (Wildman–Crippen LogP) is 5.06. The summed E-state index contributed by atoms with van der Waals surface area (Å²) < 4.78 is 0. The van der Waals surface area contributed by atoms with Crippen molar-refractivity contribution >= 4 is 34.8 Å². The van der Waals surface area contributed by atoms with E-state index in [0.717, 1.165) is 11.1 Å². The van der Waals surface area contributed by atoms with E-state index in [0.29, 0.717) is 28.8 Å². The number of amides is 1. The fourth-order valence-corrected chi connectivity index (χ4v) is 3.00. The molecule has 3 rings (SSSR count). The molecule has 3 aromatic rings. The molecule has 0 unspecified atom stereocenters. The minimum atomic E-state index is -0.247. The Kier molecular flexibility index (Phi) is 6.58. The van der Waals surface area contributed by atoms with E-state index in [4.69, 9.17) is 23.8 Å². The van der Waals surface area contributed by atoms with Gasteiger partial charge in [-0.3, -0.25) is 10.1 Å². The summed E-state index contributed by atoms with van der Waals surface area (Å²) in [4.78, 5) is 14.5. The highest BCUT2D eigenvalue weighted by Crippen LogP contribution is 2.12. The fraction of sp³-hybridized carbons (Fsp3) is 0.0909. The van der Waals surface area contributed by atoms with Gasteiger partial charge in [-0.2, -0.15) is 0 Å². The summed E-state index contributed by atoms with van der Waals surface area (Å²) in [5.41, 5.74) is 2.76. The molecule has 0 atom stereocenters. The number of halogens is 1. The number of benzene rings is 3. The molecule has 0 aliphatic carbocycles. The van der Waals surface area contributed by atoms with Crippen LogP contribution in [0.3, 0.4) is 0 Å². The molecular formula is C22H19ClN2OS. The van der Waals surface area contributed by atoms with Crippen molar-refractivity contribution in [2.75, 3.05) is 0 Å². The molecule has 3 aromatic carbocycles. The van der Waals surface area contributed by atoms with Gasteiger partial charge in [0.15, 0.2) is 5.11 Å².